The van der Waals surface area contributed by atoms with Gasteiger partial charge in [-0.3, -0.25) is 9.63 Å². The summed E-state index contributed by atoms with van der Waals surface area (Å²) >= 11 is 1.12. The zero-order valence-corrected chi connectivity index (χ0v) is 17.1. The number of carboxylic acids is 1. The molecule has 4 N–H and O–H groups in total. The number of thioether (sulfide) groups is 1. The van der Waals surface area contributed by atoms with Crippen LogP contribution >= 0.6 is 11.8 Å². The average Bonchev–Trinajstić information content (AvgIpc) is 2.90. The summed E-state index contributed by atoms with van der Waals surface area (Å²) in [6, 6.07) is -0.682. The third-order valence-electron chi connectivity index (χ3n) is 5.13. The predicted molar refractivity (Wildman–Crippen MR) is 101 cm³/mol. The van der Waals surface area contributed by atoms with Crippen LogP contribution < -0.4 is 0 Å². The van der Waals surface area contributed by atoms with Crippen molar-refractivity contribution in [3.05, 3.63) is 11.3 Å². The lowest BCUT2D eigenvalue weighted by Gasteiger charge is -2.41. The molecule has 28 heavy (non-hydrogen) atoms. The zero-order chi connectivity index (χ0) is 21.1. The van der Waals surface area contributed by atoms with Crippen molar-refractivity contribution in [2.75, 3.05) is 18.6 Å². The van der Waals surface area contributed by atoms with E-state index in [0.717, 1.165) is 36.1 Å². The molecule has 0 fully saturated rings. The fraction of sp³-hybridized carbons (Fsp3) is 0.778. The van der Waals surface area contributed by atoms with E-state index < -0.39 is 41.8 Å². The van der Waals surface area contributed by atoms with Gasteiger partial charge in [-0.15, -0.1) is 0 Å². The maximum atomic E-state index is 12.7. The Hall–Kier alpha value is -1.33. The molecule has 2 aliphatic heterocycles. The molecule has 0 aromatic carbocycles. The highest BCUT2D eigenvalue weighted by molar-refractivity contribution is 7.99. The lowest BCUT2D eigenvalue weighted by Crippen LogP contribution is -2.55. The second-order valence-corrected chi connectivity index (χ2v) is 8.30. The third kappa shape index (κ3) is 4.46. The largest absolute Gasteiger partial charge is 0.489 e. The van der Waals surface area contributed by atoms with Gasteiger partial charge in [-0.05, 0) is 19.8 Å². The molecule has 0 aromatic heterocycles. The minimum absolute atomic E-state index is 0.0389. The summed E-state index contributed by atoms with van der Waals surface area (Å²) in [6.45, 7) is 3.51. The monoisotopic (exact) mass is 419 g/mol. The fourth-order valence-corrected chi connectivity index (χ4v) is 4.45. The standard InChI is InChI=1S/C18H29NO8S/c1-4-5-6-7-12-18(2,25)15(21)13-14(27-12)10(19(26-3)16(13)22)8-28-9-11(20)17(23)24/h10-12,15,20-21,25H,4-9H2,1-3H3,(H,23,24)/t10-,11+,12+,15-,18+/m1/s1. The number of unbranched alkanes of at least 4 members (excludes halogenated alkanes) is 2. The van der Waals surface area contributed by atoms with Crippen molar-refractivity contribution in [2.45, 2.75) is 69.5 Å². The number of ether oxygens (including phenoxy) is 1. The van der Waals surface area contributed by atoms with Gasteiger partial charge in [0, 0.05) is 11.5 Å². The number of aliphatic hydroxyl groups is 3. The maximum absolute atomic E-state index is 12.7. The molecule has 0 saturated heterocycles. The third-order valence-corrected chi connectivity index (χ3v) is 6.24. The Morgan fingerprint density at radius 2 is 2.11 bits per heavy atom. The van der Waals surface area contributed by atoms with Crippen molar-refractivity contribution in [3.63, 3.8) is 0 Å². The number of carbonyl (C=O) groups excluding carboxylic acids is 1. The number of hydrogen-bond acceptors (Lipinski definition) is 8. The molecule has 0 unspecified atom stereocenters. The molecule has 5 atom stereocenters. The first kappa shape index (κ1) is 23.0. The summed E-state index contributed by atoms with van der Waals surface area (Å²) < 4.78 is 6.00. The molecule has 2 heterocycles. The number of amides is 1. The van der Waals surface area contributed by atoms with Gasteiger partial charge >= 0.3 is 5.97 Å². The fourth-order valence-electron chi connectivity index (χ4n) is 3.43. The first-order valence-corrected chi connectivity index (χ1v) is 10.5. The number of hydroxylamine groups is 2. The number of hydrogen-bond donors (Lipinski definition) is 4. The van der Waals surface area contributed by atoms with Crippen molar-refractivity contribution < 1.29 is 39.6 Å². The Morgan fingerprint density at radius 3 is 2.68 bits per heavy atom. The van der Waals surface area contributed by atoms with E-state index in [1.165, 1.54) is 14.0 Å². The van der Waals surface area contributed by atoms with Gasteiger partial charge in [0.2, 0.25) is 0 Å². The Labute approximate surface area is 168 Å². The van der Waals surface area contributed by atoms with Crippen molar-refractivity contribution in [2.24, 2.45) is 0 Å². The molecule has 0 aliphatic carbocycles. The highest BCUT2D eigenvalue weighted by atomic mass is 32.2. The molecule has 0 aromatic rings. The highest BCUT2D eigenvalue weighted by Gasteiger charge is 2.56. The first-order chi connectivity index (χ1) is 13.2. The van der Waals surface area contributed by atoms with Crippen molar-refractivity contribution in [1.82, 2.24) is 5.06 Å². The molecule has 2 aliphatic rings. The van der Waals surface area contributed by atoms with E-state index in [2.05, 4.69) is 6.92 Å². The summed E-state index contributed by atoms with van der Waals surface area (Å²) in [6.07, 6.45) is -0.360. The summed E-state index contributed by atoms with van der Waals surface area (Å²) in [5.74, 6) is -1.54. The molecule has 10 heteroatoms. The number of nitrogens with zero attached hydrogens (tertiary/aromatic N) is 1. The Morgan fingerprint density at radius 1 is 1.43 bits per heavy atom. The van der Waals surface area contributed by atoms with Crippen LogP contribution in [-0.4, -0.2) is 85.9 Å². The van der Waals surface area contributed by atoms with Gasteiger partial charge in [0.15, 0.2) is 6.10 Å². The molecule has 0 bridgehead atoms. The van der Waals surface area contributed by atoms with E-state index in [4.69, 9.17) is 14.7 Å². The molecule has 9 nitrogen and oxygen atoms in total. The second-order valence-electron chi connectivity index (χ2n) is 7.23. The van der Waals surface area contributed by atoms with Crippen molar-refractivity contribution >= 4 is 23.6 Å². The van der Waals surface area contributed by atoms with E-state index in [1.807, 2.05) is 0 Å². The Bertz CT molecular complexity index is 623. The van der Waals surface area contributed by atoms with Crippen molar-refractivity contribution in [3.8, 4) is 0 Å². The SMILES string of the molecule is CCCCC[C@@H]1OC2=C(C(=O)N(OC)[C@@H]2CSC[C@H](O)C(=O)O)[C@@H](O)[C@@]1(C)O. The van der Waals surface area contributed by atoms with Crippen LogP contribution in [0.2, 0.25) is 0 Å². The number of aliphatic hydroxyl groups excluding tert-OH is 2. The van der Waals surface area contributed by atoms with Gasteiger partial charge in [0.1, 0.15) is 29.6 Å². The smallest absolute Gasteiger partial charge is 0.333 e. The first-order valence-electron chi connectivity index (χ1n) is 9.34. The minimum Gasteiger partial charge on any atom is -0.489 e. The van der Waals surface area contributed by atoms with Crippen LogP contribution in [0.5, 0.6) is 0 Å². The quantitative estimate of drug-likeness (QED) is 0.368. The number of carboxylic acid groups (broad SMARTS) is 1. The van der Waals surface area contributed by atoms with Crippen LogP contribution in [-0.2, 0) is 19.2 Å². The topological polar surface area (TPSA) is 137 Å². The lowest BCUT2D eigenvalue weighted by atomic mass is 9.82. The molecular weight excluding hydrogens is 390 g/mol. The van der Waals surface area contributed by atoms with Crippen LogP contribution in [0.1, 0.15) is 39.5 Å². The van der Waals surface area contributed by atoms with Crippen LogP contribution in [0.15, 0.2) is 11.3 Å². The number of rotatable bonds is 10. The van der Waals surface area contributed by atoms with Gasteiger partial charge < -0.3 is 25.2 Å². The van der Waals surface area contributed by atoms with Gasteiger partial charge in [0.25, 0.3) is 5.91 Å². The molecular formula is C18H29NO8S. The van der Waals surface area contributed by atoms with E-state index in [0.29, 0.717) is 6.42 Å². The number of aliphatic carboxylic acids is 1. The van der Waals surface area contributed by atoms with Crippen LogP contribution in [0.3, 0.4) is 0 Å². The molecule has 2 rings (SSSR count). The zero-order valence-electron chi connectivity index (χ0n) is 16.3. The number of carbonyl (C=O) groups is 2. The summed E-state index contributed by atoms with van der Waals surface area (Å²) in [4.78, 5) is 28.6. The maximum Gasteiger partial charge on any atom is 0.333 e. The van der Waals surface area contributed by atoms with Gasteiger partial charge in [-0.2, -0.15) is 11.8 Å². The summed E-state index contributed by atoms with van der Waals surface area (Å²) in [7, 11) is 1.31. The van der Waals surface area contributed by atoms with E-state index >= 15 is 0 Å². The van der Waals surface area contributed by atoms with Crippen LogP contribution in [0.4, 0.5) is 0 Å². The van der Waals surface area contributed by atoms with E-state index in [1.54, 1.807) is 0 Å². The molecule has 1 amide bonds. The predicted octanol–water partition coefficient (Wildman–Crippen LogP) is 0.282. The average molecular weight is 419 g/mol. The van der Waals surface area contributed by atoms with Gasteiger partial charge in [-0.1, -0.05) is 19.8 Å². The molecule has 0 radical (unpaired) electrons. The Kier molecular flexibility index (Phi) is 7.74. The van der Waals surface area contributed by atoms with Crippen molar-refractivity contribution in [1.29, 1.82) is 0 Å². The van der Waals surface area contributed by atoms with Crippen LogP contribution in [0.25, 0.3) is 0 Å². The van der Waals surface area contributed by atoms with Crippen LogP contribution in [0, 0.1) is 0 Å². The summed E-state index contributed by atoms with van der Waals surface area (Å²) in [5, 5.41) is 40.8. The van der Waals surface area contributed by atoms with E-state index in [-0.39, 0.29) is 22.8 Å². The van der Waals surface area contributed by atoms with E-state index in [9.17, 15) is 24.9 Å². The highest BCUT2D eigenvalue weighted by Crippen LogP contribution is 2.42. The van der Waals surface area contributed by atoms with Gasteiger partial charge in [-0.25, -0.2) is 9.86 Å². The second kappa shape index (κ2) is 9.45. The minimum atomic E-state index is -1.62. The molecule has 0 saturated carbocycles. The molecule has 160 valence electrons. The lowest BCUT2D eigenvalue weighted by molar-refractivity contribution is -0.176. The van der Waals surface area contributed by atoms with Gasteiger partial charge in [0.05, 0.1) is 12.7 Å². The Balaban J connectivity index is 2.21. The molecule has 0 spiro atoms. The summed E-state index contributed by atoms with van der Waals surface area (Å²) in [5.41, 5.74) is -1.66. The normalized spacial score (nSPS) is 31.0.